The second-order valence-electron chi connectivity index (χ2n) is 7.88. The number of hydrogen-bond acceptors (Lipinski definition) is 4. The minimum absolute atomic E-state index is 0.0822. The standard InChI is InChI=1S/C22H31NO4S/c1-7-26-14-11-19-16-20(24)9-13-22(19,23(6)28(25)21(3,4)5)12-8-18-10-15-27-17(18)2/h9-11,13-16H,7-8,12H2,1-6H3/b14-11-/t22-,28?/m1/s1. The molecule has 1 aliphatic carbocycles. The largest absolute Gasteiger partial charge is 0.501 e. The van der Waals surface area contributed by atoms with Gasteiger partial charge in [0.05, 0.1) is 29.4 Å². The lowest BCUT2D eigenvalue weighted by Crippen LogP contribution is -2.52. The van der Waals surface area contributed by atoms with Gasteiger partial charge in [-0.1, -0.05) is 6.08 Å². The zero-order valence-corrected chi connectivity index (χ0v) is 18.5. The highest BCUT2D eigenvalue weighted by Gasteiger charge is 2.42. The fourth-order valence-corrected chi connectivity index (χ4v) is 4.65. The van der Waals surface area contributed by atoms with Crippen molar-refractivity contribution in [3.63, 3.8) is 0 Å². The second kappa shape index (κ2) is 9.05. The molecule has 1 aliphatic rings. The van der Waals surface area contributed by atoms with E-state index in [0.717, 1.165) is 23.3 Å². The van der Waals surface area contributed by atoms with Gasteiger partial charge in [0.2, 0.25) is 0 Å². The average Bonchev–Trinajstić information content (AvgIpc) is 3.04. The van der Waals surface area contributed by atoms with Gasteiger partial charge in [-0.25, -0.2) is 8.51 Å². The van der Waals surface area contributed by atoms with Crippen LogP contribution in [0, 0.1) is 6.92 Å². The Morgan fingerprint density at radius 3 is 2.64 bits per heavy atom. The molecule has 5 nitrogen and oxygen atoms in total. The lowest BCUT2D eigenvalue weighted by Gasteiger charge is -2.43. The number of hydrogen-bond donors (Lipinski definition) is 0. The summed E-state index contributed by atoms with van der Waals surface area (Å²) in [6.45, 7) is 10.2. The Labute approximate surface area is 170 Å². The first-order chi connectivity index (χ1) is 13.1. The van der Waals surface area contributed by atoms with Gasteiger partial charge in [-0.05, 0) is 82.9 Å². The summed E-state index contributed by atoms with van der Waals surface area (Å²) >= 11 is 0. The molecule has 154 valence electrons. The van der Waals surface area contributed by atoms with E-state index in [2.05, 4.69) is 0 Å². The van der Waals surface area contributed by atoms with Crippen LogP contribution in [0.1, 0.15) is 45.4 Å². The van der Waals surface area contributed by atoms with Crippen molar-refractivity contribution in [2.45, 2.75) is 57.7 Å². The van der Waals surface area contributed by atoms with Crippen LogP contribution in [0.15, 0.2) is 52.9 Å². The van der Waals surface area contributed by atoms with E-state index in [9.17, 15) is 9.00 Å². The smallest absolute Gasteiger partial charge is 0.178 e. The molecule has 0 radical (unpaired) electrons. The summed E-state index contributed by atoms with van der Waals surface area (Å²) in [5.74, 6) is 0.794. The minimum atomic E-state index is -1.28. The van der Waals surface area contributed by atoms with Crippen molar-refractivity contribution in [3.05, 3.63) is 59.8 Å². The number of carbonyl (C=O) groups excluding carboxylic acids is 1. The molecule has 0 aliphatic heterocycles. The van der Waals surface area contributed by atoms with Crippen LogP contribution in [0.5, 0.6) is 0 Å². The van der Waals surface area contributed by atoms with Gasteiger partial charge in [0.1, 0.15) is 16.7 Å². The van der Waals surface area contributed by atoms with Crippen LogP contribution in [0.2, 0.25) is 0 Å². The maximum Gasteiger partial charge on any atom is 0.178 e. The molecule has 1 aromatic heterocycles. The number of aryl methyl sites for hydroxylation is 2. The zero-order chi connectivity index (χ0) is 20.9. The highest BCUT2D eigenvalue weighted by atomic mass is 32.2. The number of allylic oxidation sites excluding steroid dienone is 2. The highest BCUT2D eigenvalue weighted by Crippen LogP contribution is 2.37. The van der Waals surface area contributed by atoms with Crippen molar-refractivity contribution in [1.29, 1.82) is 0 Å². The van der Waals surface area contributed by atoms with Gasteiger partial charge in [-0.15, -0.1) is 0 Å². The Kier molecular flexibility index (Phi) is 7.23. The Morgan fingerprint density at radius 1 is 1.36 bits per heavy atom. The van der Waals surface area contributed by atoms with E-state index in [-0.39, 0.29) is 5.78 Å². The van der Waals surface area contributed by atoms with Crippen LogP contribution in [0.3, 0.4) is 0 Å². The first kappa shape index (κ1) is 22.4. The lowest BCUT2D eigenvalue weighted by molar-refractivity contribution is -0.110. The number of ketones is 1. The predicted molar refractivity (Wildman–Crippen MR) is 113 cm³/mol. The number of likely N-dealkylation sites (N-methyl/N-ethyl adjacent to an activating group) is 1. The molecule has 28 heavy (non-hydrogen) atoms. The van der Waals surface area contributed by atoms with E-state index in [1.54, 1.807) is 24.7 Å². The van der Waals surface area contributed by atoms with E-state index in [1.807, 2.05) is 64.2 Å². The molecule has 1 aromatic rings. The Hall–Kier alpha value is -1.92. The normalized spacial score (nSPS) is 21.4. The third-order valence-corrected chi connectivity index (χ3v) is 6.78. The number of rotatable bonds is 8. The van der Waals surface area contributed by atoms with Gasteiger partial charge in [0.25, 0.3) is 0 Å². The summed E-state index contributed by atoms with van der Waals surface area (Å²) in [6.07, 6.45) is 11.5. The SMILES string of the molecule is CCO/C=C\C1=CC(=O)C=C[C@@]1(CCc1ccoc1C)N(C)S(=O)C(C)(C)C. The average molecular weight is 406 g/mol. The summed E-state index contributed by atoms with van der Waals surface area (Å²) in [6, 6.07) is 1.96. The van der Waals surface area contributed by atoms with Crippen molar-refractivity contribution in [3.8, 4) is 0 Å². The minimum Gasteiger partial charge on any atom is -0.501 e. The summed E-state index contributed by atoms with van der Waals surface area (Å²) in [4.78, 5) is 12.1. The number of ether oxygens (including phenoxy) is 1. The number of furan rings is 1. The predicted octanol–water partition coefficient (Wildman–Crippen LogP) is 4.27. The van der Waals surface area contributed by atoms with E-state index in [1.165, 1.54) is 0 Å². The number of carbonyl (C=O) groups is 1. The van der Waals surface area contributed by atoms with Crippen LogP contribution in [-0.2, 0) is 26.9 Å². The van der Waals surface area contributed by atoms with Crippen LogP contribution in [0.4, 0.5) is 0 Å². The van der Waals surface area contributed by atoms with Gasteiger partial charge in [0, 0.05) is 7.05 Å². The Morgan fingerprint density at radius 2 is 2.07 bits per heavy atom. The molecular weight excluding hydrogens is 374 g/mol. The maximum absolute atomic E-state index is 13.3. The van der Waals surface area contributed by atoms with Crippen molar-refractivity contribution in [1.82, 2.24) is 4.31 Å². The van der Waals surface area contributed by atoms with Gasteiger partial charge < -0.3 is 9.15 Å². The molecule has 0 saturated carbocycles. The third-order valence-electron chi connectivity index (χ3n) is 4.91. The van der Waals surface area contributed by atoms with E-state index < -0.39 is 21.3 Å². The van der Waals surface area contributed by atoms with Crippen LogP contribution >= 0.6 is 0 Å². The Bertz CT molecular complexity index is 813. The van der Waals surface area contributed by atoms with Gasteiger partial charge >= 0.3 is 0 Å². The first-order valence-corrected chi connectivity index (χ1v) is 10.6. The molecule has 0 N–H and O–H groups in total. The molecule has 0 saturated heterocycles. The second-order valence-corrected chi connectivity index (χ2v) is 10.1. The fraction of sp³-hybridized carbons (Fsp3) is 0.500. The molecule has 0 fully saturated rings. The molecule has 1 heterocycles. The number of nitrogens with zero attached hydrogens (tertiary/aromatic N) is 1. The van der Waals surface area contributed by atoms with E-state index in [4.69, 9.17) is 9.15 Å². The van der Waals surface area contributed by atoms with Crippen molar-refractivity contribution in [2.75, 3.05) is 13.7 Å². The molecule has 2 rings (SSSR count). The molecular formula is C22H31NO4S. The van der Waals surface area contributed by atoms with Crippen molar-refractivity contribution in [2.24, 2.45) is 0 Å². The van der Waals surface area contributed by atoms with Gasteiger partial charge in [-0.3, -0.25) is 4.79 Å². The van der Waals surface area contributed by atoms with Crippen LogP contribution in [0.25, 0.3) is 0 Å². The van der Waals surface area contributed by atoms with Crippen molar-refractivity contribution < 1.29 is 18.2 Å². The summed E-state index contributed by atoms with van der Waals surface area (Å²) in [5, 5.41) is 0. The zero-order valence-electron chi connectivity index (χ0n) is 17.7. The van der Waals surface area contributed by atoms with Crippen LogP contribution in [-0.4, -0.2) is 38.2 Å². The summed E-state index contributed by atoms with van der Waals surface area (Å²) in [5.41, 5.74) is 1.19. The van der Waals surface area contributed by atoms with Gasteiger partial charge in [-0.2, -0.15) is 0 Å². The molecule has 0 bridgehead atoms. The quantitative estimate of drug-likeness (QED) is 0.606. The third kappa shape index (κ3) is 4.92. The maximum atomic E-state index is 13.3. The fourth-order valence-electron chi connectivity index (χ4n) is 3.28. The summed E-state index contributed by atoms with van der Waals surface area (Å²) < 4.78 is 25.5. The topological polar surface area (TPSA) is 59.8 Å². The molecule has 1 unspecified atom stereocenters. The van der Waals surface area contributed by atoms with E-state index >= 15 is 0 Å². The monoisotopic (exact) mass is 405 g/mol. The molecule has 0 spiro atoms. The highest BCUT2D eigenvalue weighted by molar-refractivity contribution is 7.84. The van der Waals surface area contributed by atoms with E-state index in [0.29, 0.717) is 13.0 Å². The Balaban J connectivity index is 2.48. The molecule has 0 aromatic carbocycles. The molecule has 6 heteroatoms. The first-order valence-electron chi connectivity index (χ1n) is 9.54. The lowest BCUT2D eigenvalue weighted by atomic mass is 9.80. The molecule has 0 amide bonds. The molecule has 2 atom stereocenters. The van der Waals surface area contributed by atoms with Crippen LogP contribution < -0.4 is 0 Å². The van der Waals surface area contributed by atoms with Crippen molar-refractivity contribution >= 4 is 16.8 Å². The summed E-state index contributed by atoms with van der Waals surface area (Å²) in [7, 11) is 0.573. The van der Waals surface area contributed by atoms with Gasteiger partial charge in [0.15, 0.2) is 5.78 Å².